The maximum atomic E-state index is 12.3. The fourth-order valence-electron chi connectivity index (χ4n) is 1.70. The summed E-state index contributed by atoms with van der Waals surface area (Å²) in [5.74, 6) is -0.164. The molecule has 0 aromatic carbocycles. The lowest BCUT2D eigenvalue weighted by molar-refractivity contribution is -0.122. The molecule has 0 rings (SSSR count). The van der Waals surface area contributed by atoms with Gasteiger partial charge in [0.15, 0.2) is 0 Å². The Kier molecular flexibility index (Phi) is 8.96. The molecule has 1 unspecified atom stereocenters. The number of nitrogens with one attached hydrogen (secondary N) is 1. The highest BCUT2D eigenvalue weighted by Crippen LogP contribution is 2.14. The van der Waals surface area contributed by atoms with Gasteiger partial charge < -0.3 is 24.4 Å². The molecule has 0 aliphatic heterocycles. The first-order valence-electron chi connectivity index (χ1n) is 6.93. The van der Waals surface area contributed by atoms with Gasteiger partial charge in [0.05, 0.1) is 19.3 Å². The van der Waals surface area contributed by atoms with Crippen LogP contribution in [0.4, 0.5) is 4.79 Å². The first-order chi connectivity index (χ1) is 9.75. The van der Waals surface area contributed by atoms with Crippen molar-refractivity contribution in [1.29, 1.82) is 0 Å². The van der Waals surface area contributed by atoms with Crippen LogP contribution in [0.1, 0.15) is 27.2 Å². The van der Waals surface area contributed by atoms with Gasteiger partial charge in [0.1, 0.15) is 5.60 Å². The molecule has 7 heteroatoms. The summed E-state index contributed by atoms with van der Waals surface area (Å²) in [5, 5.41) is 2.55. The van der Waals surface area contributed by atoms with Crippen LogP contribution in [-0.4, -0.2) is 69.6 Å². The monoisotopic (exact) mass is 304 g/mol. The first kappa shape index (κ1) is 19.7. The molecule has 7 nitrogen and oxygen atoms in total. The van der Waals surface area contributed by atoms with Crippen molar-refractivity contribution in [3.63, 3.8) is 0 Å². The van der Waals surface area contributed by atoms with Crippen molar-refractivity contribution in [3.05, 3.63) is 0 Å². The summed E-state index contributed by atoms with van der Waals surface area (Å²) in [6.45, 7) is 6.32. The second-order valence-electron chi connectivity index (χ2n) is 5.65. The summed E-state index contributed by atoms with van der Waals surface area (Å²) in [4.78, 5) is 25.4. The van der Waals surface area contributed by atoms with E-state index >= 15 is 0 Å². The van der Waals surface area contributed by atoms with Crippen molar-refractivity contribution in [2.24, 2.45) is 0 Å². The molecule has 0 radical (unpaired) electrons. The van der Waals surface area contributed by atoms with Gasteiger partial charge in [-0.2, -0.15) is 0 Å². The highest BCUT2D eigenvalue weighted by atomic mass is 16.6. The maximum Gasteiger partial charge on any atom is 0.410 e. The Labute approximate surface area is 126 Å². The van der Waals surface area contributed by atoms with Crippen LogP contribution in [0.2, 0.25) is 0 Å². The number of nitrogens with zero attached hydrogens (tertiary/aromatic N) is 1. The van der Waals surface area contributed by atoms with Gasteiger partial charge in [0.25, 0.3) is 0 Å². The Hall–Kier alpha value is -1.34. The molecule has 0 saturated heterocycles. The highest BCUT2D eigenvalue weighted by Gasteiger charge is 2.29. The summed E-state index contributed by atoms with van der Waals surface area (Å²) in [7, 11) is 4.64. The third-order valence-corrected chi connectivity index (χ3v) is 2.66. The highest BCUT2D eigenvalue weighted by molar-refractivity contribution is 5.77. The van der Waals surface area contributed by atoms with E-state index < -0.39 is 17.7 Å². The van der Waals surface area contributed by atoms with Crippen molar-refractivity contribution in [1.82, 2.24) is 10.2 Å². The second kappa shape index (κ2) is 9.57. The van der Waals surface area contributed by atoms with Gasteiger partial charge in [-0.05, 0) is 20.8 Å². The van der Waals surface area contributed by atoms with Crippen molar-refractivity contribution < 1.29 is 23.8 Å². The molecule has 0 aromatic heterocycles. The van der Waals surface area contributed by atoms with Gasteiger partial charge in [-0.15, -0.1) is 0 Å². The number of ether oxygens (including phenoxy) is 3. The lowest BCUT2D eigenvalue weighted by Crippen LogP contribution is -2.48. The molecular weight excluding hydrogens is 276 g/mol. The van der Waals surface area contributed by atoms with Gasteiger partial charge in [0, 0.05) is 34.2 Å². The van der Waals surface area contributed by atoms with E-state index in [2.05, 4.69) is 5.32 Å². The van der Waals surface area contributed by atoms with Gasteiger partial charge in [-0.3, -0.25) is 4.79 Å². The summed E-state index contributed by atoms with van der Waals surface area (Å²) >= 11 is 0. The number of amides is 2. The SMILES string of the molecule is CNC(=O)CC(COC)N(CCOC)C(=O)OC(C)(C)C. The van der Waals surface area contributed by atoms with Crippen LogP contribution < -0.4 is 5.32 Å². The molecule has 0 bridgehead atoms. The quantitative estimate of drug-likeness (QED) is 0.724. The molecular formula is C14H28N2O5. The Balaban J connectivity index is 5.02. The number of rotatable bonds is 8. The molecule has 1 N–H and O–H groups in total. The molecule has 1 atom stereocenters. The van der Waals surface area contributed by atoms with Gasteiger partial charge in [-0.1, -0.05) is 0 Å². The predicted molar refractivity (Wildman–Crippen MR) is 79.2 cm³/mol. The Morgan fingerprint density at radius 2 is 1.81 bits per heavy atom. The molecule has 0 aliphatic carbocycles. The van der Waals surface area contributed by atoms with Gasteiger partial charge in [0.2, 0.25) is 5.91 Å². The first-order valence-corrected chi connectivity index (χ1v) is 6.93. The van der Waals surface area contributed by atoms with Crippen molar-refractivity contribution in [3.8, 4) is 0 Å². The topological polar surface area (TPSA) is 77.1 Å². The maximum absolute atomic E-state index is 12.3. The third-order valence-electron chi connectivity index (χ3n) is 2.66. The van der Waals surface area contributed by atoms with Crippen LogP contribution in [-0.2, 0) is 19.0 Å². The predicted octanol–water partition coefficient (Wildman–Crippen LogP) is 1.02. The standard InChI is InChI=1S/C14H28N2O5/c1-14(2,3)21-13(18)16(7-8-19-5)11(10-20-6)9-12(17)15-4/h11H,7-10H2,1-6H3,(H,15,17). The van der Waals surface area contributed by atoms with E-state index in [1.54, 1.807) is 34.9 Å². The zero-order chi connectivity index (χ0) is 16.5. The van der Waals surface area contributed by atoms with E-state index in [9.17, 15) is 9.59 Å². The Bertz CT molecular complexity index is 328. The average molecular weight is 304 g/mol. The number of carbonyl (C=O) groups is 2. The van der Waals surface area contributed by atoms with Crippen LogP contribution in [0.3, 0.4) is 0 Å². The minimum Gasteiger partial charge on any atom is -0.444 e. The average Bonchev–Trinajstić information content (AvgIpc) is 2.37. The van der Waals surface area contributed by atoms with E-state index in [-0.39, 0.29) is 18.9 Å². The van der Waals surface area contributed by atoms with Crippen LogP contribution >= 0.6 is 0 Å². The van der Waals surface area contributed by atoms with Crippen LogP contribution in [0.15, 0.2) is 0 Å². The summed E-state index contributed by atoms with van der Waals surface area (Å²) in [6.07, 6.45) is -0.335. The van der Waals surface area contributed by atoms with Crippen LogP contribution in [0.25, 0.3) is 0 Å². The number of methoxy groups -OCH3 is 2. The van der Waals surface area contributed by atoms with Crippen LogP contribution in [0.5, 0.6) is 0 Å². The van der Waals surface area contributed by atoms with Crippen molar-refractivity contribution in [2.75, 3.05) is 41.0 Å². The lowest BCUT2D eigenvalue weighted by Gasteiger charge is -2.32. The van der Waals surface area contributed by atoms with E-state index in [1.807, 2.05) is 0 Å². The third kappa shape index (κ3) is 8.52. The number of hydrogen-bond acceptors (Lipinski definition) is 5. The minimum absolute atomic E-state index is 0.146. The fourth-order valence-corrected chi connectivity index (χ4v) is 1.70. The van der Waals surface area contributed by atoms with Crippen molar-refractivity contribution >= 4 is 12.0 Å². The normalized spacial score (nSPS) is 12.7. The van der Waals surface area contributed by atoms with Crippen LogP contribution in [0, 0.1) is 0 Å². The van der Waals surface area contributed by atoms with E-state index in [1.165, 1.54) is 12.0 Å². The van der Waals surface area contributed by atoms with E-state index in [4.69, 9.17) is 14.2 Å². The summed E-state index contributed by atoms with van der Waals surface area (Å²) < 4.78 is 15.5. The summed E-state index contributed by atoms with van der Waals surface area (Å²) in [6, 6.07) is -0.403. The Morgan fingerprint density at radius 1 is 1.19 bits per heavy atom. The summed E-state index contributed by atoms with van der Waals surface area (Å²) in [5.41, 5.74) is -0.604. The molecule has 0 fully saturated rings. The molecule has 21 heavy (non-hydrogen) atoms. The largest absolute Gasteiger partial charge is 0.444 e. The molecule has 0 spiro atoms. The molecule has 124 valence electrons. The lowest BCUT2D eigenvalue weighted by atomic mass is 10.1. The second-order valence-corrected chi connectivity index (χ2v) is 5.65. The van der Waals surface area contributed by atoms with Gasteiger partial charge >= 0.3 is 6.09 Å². The van der Waals surface area contributed by atoms with E-state index in [0.717, 1.165) is 0 Å². The zero-order valence-electron chi connectivity index (χ0n) is 13.9. The minimum atomic E-state index is -0.604. The molecule has 2 amide bonds. The number of carbonyl (C=O) groups excluding carboxylic acids is 2. The zero-order valence-corrected chi connectivity index (χ0v) is 13.9. The molecule has 0 aliphatic rings. The van der Waals surface area contributed by atoms with E-state index in [0.29, 0.717) is 13.2 Å². The Morgan fingerprint density at radius 3 is 2.24 bits per heavy atom. The van der Waals surface area contributed by atoms with Crippen molar-refractivity contribution in [2.45, 2.75) is 38.8 Å². The molecule has 0 heterocycles. The smallest absolute Gasteiger partial charge is 0.410 e. The molecule has 0 saturated carbocycles. The molecule has 0 aromatic rings. The fraction of sp³-hybridized carbons (Fsp3) is 0.857. The number of hydrogen-bond donors (Lipinski definition) is 1. The van der Waals surface area contributed by atoms with Gasteiger partial charge in [-0.25, -0.2) is 4.79 Å².